The monoisotopic (exact) mass is 395 g/mol. The molecule has 1 fully saturated rings. The van der Waals surface area contributed by atoms with Gasteiger partial charge in [-0.15, -0.1) is 5.10 Å². The molecule has 1 aliphatic heterocycles. The Morgan fingerprint density at radius 2 is 2.15 bits per heavy atom. The highest BCUT2D eigenvalue weighted by Gasteiger charge is 2.39. The van der Waals surface area contributed by atoms with E-state index in [0.717, 1.165) is 16.8 Å². The maximum atomic E-state index is 12.3. The van der Waals surface area contributed by atoms with Crippen LogP contribution in [0.25, 0.3) is 5.69 Å². The van der Waals surface area contributed by atoms with Gasteiger partial charge in [0.25, 0.3) is 0 Å². The summed E-state index contributed by atoms with van der Waals surface area (Å²) in [6.45, 7) is 5.77. The third-order valence-corrected chi connectivity index (χ3v) is 7.34. The average Bonchev–Trinajstić information content (AvgIpc) is 3.12. The third kappa shape index (κ3) is 4.07. The number of hydrogen-bond acceptors (Lipinski definition) is 7. The van der Waals surface area contributed by atoms with Crippen molar-refractivity contribution in [2.45, 2.75) is 37.9 Å². The summed E-state index contributed by atoms with van der Waals surface area (Å²) >= 11 is 1.22. The number of rotatable bonds is 5. The lowest BCUT2D eigenvalue weighted by Crippen LogP contribution is -2.47. The van der Waals surface area contributed by atoms with Crippen LogP contribution in [-0.2, 0) is 14.6 Å². The first-order chi connectivity index (χ1) is 12.2. The Bertz CT molecular complexity index is 941. The fraction of sp³-hybridized carbons (Fsp3) is 0.500. The van der Waals surface area contributed by atoms with Crippen molar-refractivity contribution in [3.8, 4) is 5.69 Å². The molecule has 0 saturated carbocycles. The molecule has 140 valence electrons. The van der Waals surface area contributed by atoms with Crippen LogP contribution in [0, 0.1) is 13.8 Å². The molecule has 2 aromatic rings. The number of benzene rings is 1. The molecule has 0 unspecified atom stereocenters. The molecule has 1 saturated heterocycles. The van der Waals surface area contributed by atoms with Gasteiger partial charge in [-0.3, -0.25) is 4.79 Å². The minimum absolute atomic E-state index is 0.0172. The van der Waals surface area contributed by atoms with Crippen LogP contribution >= 0.6 is 11.8 Å². The summed E-state index contributed by atoms with van der Waals surface area (Å²) in [6, 6.07) is 5.87. The lowest BCUT2D eigenvalue weighted by atomic mass is 10.0. The van der Waals surface area contributed by atoms with Crippen LogP contribution in [0.4, 0.5) is 0 Å². The summed E-state index contributed by atoms with van der Waals surface area (Å²) in [5, 5.41) is 15.1. The van der Waals surface area contributed by atoms with E-state index in [1.165, 1.54) is 11.8 Å². The number of hydrogen-bond donors (Lipinski definition) is 1. The van der Waals surface area contributed by atoms with Crippen LogP contribution in [0.2, 0.25) is 0 Å². The summed E-state index contributed by atoms with van der Waals surface area (Å²) in [4.78, 5) is 12.3. The Hall–Kier alpha value is -1.94. The summed E-state index contributed by atoms with van der Waals surface area (Å²) in [7, 11) is -3.07. The van der Waals surface area contributed by atoms with Crippen molar-refractivity contribution in [3.05, 3.63) is 29.3 Å². The average molecular weight is 396 g/mol. The SMILES string of the molecule is Cc1cccc(-n2nnnc2SCC(=O)N[C@@]2(C)CCS(=O)(=O)C2)c1C. The number of thioether (sulfide) groups is 1. The topological polar surface area (TPSA) is 107 Å². The van der Waals surface area contributed by atoms with Crippen molar-refractivity contribution in [1.29, 1.82) is 0 Å². The fourth-order valence-electron chi connectivity index (χ4n) is 3.00. The number of nitrogens with one attached hydrogen (secondary N) is 1. The predicted octanol–water partition coefficient (Wildman–Crippen LogP) is 1.06. The molecule has 1 aromatic heterocycles. The molecule has 1 N–H and O–H groups in total. The number of sulfone groups is 1. The van der Waals surface area contributed by atoms with Gasteiger partial charge < -0.3 is 5.32 Å². The smallest absolute Gasteiger partial charge is 0.230 e. The lowest BCUT2D eigenvalue weighted by Gasteiger charge is -2.23. The molecule has 26 heavy (non-hydrogen) atoms. The van der Waals surface area contributed by atoms with E-state index < -0.39 is 15.4 Å². The van der Waals surface area contributed by atoms with Crippen molar-refractivity contribution in [1.82, 2.24) is 25.5 Å². The summed E-state index contributed by atoms with van der Waals surface area (Å²) in [6.07, 6.45) is 0.436. The molecule has 2 heterocycles. The fourth-order valence-corrected chi connectivity index (χ4v) is 5.77. The zero-order valence-electron chi connectivity index (χ0n) is 14.9. The molecule has 0 radical (unpaired) electrons. The minimum Gasteiger partial charge on any atom is -0.349 e. The van der Waals surface area contributed by atoms with Crippen molar-refractivity contribution in [2.75, 3.05) is 17.3 Å². The number of carbonyl (C=O) groups is 1. The van der Waals surface area contributed by atoms with Crippen LogP contribution < -0.4 is 5.32 Å². The van der Waals surface area contributed by atoms with Crippen LogP contribution in [0.1, 0.15) is 24.5 Å². The normalized spacial score (nSPS) is 21.7. The molecule has 1 aliphatic rings. The molecule has 0 aliphatic carbocycles. The molecular formula is C16H21N5O3S2. The van der Waals surface area contributed by atoms with Gasteiger partial charge in [-0.1, -0.05) is 23.9 Å². The van der Waals surface area contributed by atoms with Crippen LogP contribution in [0.3, 0.4) is 0 Å². The van der Waals surface area contributed by atoms with E-state index in [-0.39, 0.29) is 23.2 Å². The lowest BCUT2D eigenvalue weighted by molar-refractivity contribution is -0.120. The molecule has 10 heteroatoms. The third-order valence-electron chi connectivity index (χ3n) is 4.52. The van der Waals surface area contributed by atoms with E-state index in [2.05, 4.69) is 20.8 Å². The first-order valence-corrected chi connectivity index (χ1v) is 11.0. The van der Waals surface area contributed by atoms with Gasteiger partial charge in [0.05, 0.1) is 28.5 Å². The van der Waals surface area contributed by atoms with Gasteiger partial charge in [-0.2, -0.15) is 4.68 Å². The molecule has 1 aromatic carbocycles. The Morgan fingerprint density at radius 3 is 2.85 bits per heavy atom. The number of aromatic nitrogens is 4. The number of tetrazole rings is 1. The Balaban J connectivity index is 1.67. The molecule has 0 spiro atoms. The predicted molar refractivity (Wildman–Crippen MR) is 99.2 cm³/mol. The molecule has 0 bridgehead atoms. The van der Waals surface area contributed by atoms with Crippen molar-refractivity contribution in [3.63, 3.8) is 0 Å². The maximum Gasteiger partial charge on any atom is 0.230 e. The first kappa shape index (κ1) is 18.8. The van der Waals surface area contributed by atoms with Gasteiger partial charge in [-0.25, -0.2) is 8.42 Å². The molecule has 3 rings (SSSR count). The second-order valence-electron chi connectivity index (χ2n) is 6.83. The van der Waals surface area contributed by atoms with Crippen LogP contribution in [0.5, 0.6) is 0 Å². The standard InChI is InChI=1S/C16H21N5O3S2/c1-11-5-4-6-13(12(11)2)21-15(18-19-20-21)25-9-14(22)17-16(3)7-8-26(23,24)10-16/h4-6H,7-10H2,1-3H3,(H,17,22)/t16-/m0/s1. The Labute approximate surface area is 156 Å². The molecular weight excluding hydrogens is 374 g/mol. The number of nitrogens with zero attached hydrogens (tertiary/aromatic N) is 4. The van der Waals surface area contributed by atoms with E-state index in [1.807, 2.05) is 32.0 Å². The van der Waals surface area contributed by atoms with Gasteiger partial charge in [0.1, 0.15) is 0 Å². The highest BCUT2D eigenvalue weighted by atomic mass is 32.2. The molecule has 1 atom stereocenters. The minimum atomic E-state index is -3.07. The van der Waals surface area contributed by atoms with E-state index >= 15 is 0 Å². The highest BCUT2D eigenvalue weighted by molar-refractivity contribution is 7.99. The largest absolute Gasteiger partial charge is 0.349 e. The van der Waals surface area contributed by atoms with E-state index in [9.17, 15) is 13.2 Å². The number of amides is 1. The van der Waals surface area contributed by atoms with Crippen molar-refractivity contribution < 1.29 is 13.2 Å². The van der Waals surface area contributed by atoms with Crippen molar-refractivity contribution in [2.24, 2.45) is 0 Å². The van der Waals surface area contributed by atoms with E-state index in [0.29, 0.717) is 11.6 Å². The summed E-state index contributed by atoms with van der Waals surface area (Å²) in [5.41, 5.74) is 2.36. The highest BCUT2D eigenvalue weighted by Crippen LogP contribution is 2.25. The molecule has 1 amide bonds. The van der Waals surface area contributed by atoms with Gasteiger partial charge in [-0.05, 0) is 54.8 Å². The van der Waals surface area contributed by atoms with Gasteiger partial charge in [0.15, 0.2) is 9.84 Å². The summed E-state index contributed by atoms with van der Waals surface area (Å²) in [5.74, 6) is -0.0237. The second kappa shape index (κ2) is 6.99. The van der Waals surface area contributed by atoms with Crippen molar-refractivity contribution >= 4 is 27.5 Å². The zero-order valence-corrected chi connectivity index (χ0v) is 16.5. The maximum absolute atomic E-state index is 12.3. The quantitative estimate of drug-likeness (QED) is 0.755. The van der Waals surface area contributed by atoms with E-state index in [1.54, 1.807) is 11.6 Å². The molecule has 8 nitrogen and oxygen atoms in total. The first-order valence-electron chi connectivity index (χ1n) is 8.18. The second-order valence-corrected chi connectivity index (χ2v) is 9.96. The van der Waals surface area contributed by atoms with Crippen LogP contribution in [0.15, 0.2) is 23.4 Å². The van der Waals surface area contributed by atoms with Gasteiger partial charge in [0.2, 0.25) is 11.1 Å². The van der Waals surface area contributed by atoms with E-state index in [4.69, 9.17) is 0 Å². The zero-order chi connectivity index (χ0) is 18.9. The Kier molecular flexibility index (Phi) is 5.07. The van der Waals surface area contributed by atoms with Crippen LogP contribution in [-0.4, -0.2) is 57.3 Å². The number of aryl methyl sites for hydroxylation is 1. The van der Waals surface area contributed by atoms with Gasteiger partial charge in [0, 0.05) is 0 Å². The summed E-state index contributed by atoms with van der Waals surface area (Å²) < 4.78 is 24.9. The van der Waals surface area contributed by atoms with Gasteiger partial charge >= 0.3 is 0 Å². The Morgan fingerprint density at radius 1 is 1.38 bits per heavy atom. The number of carbonyl (C=O) groups excluding carboxylic acids is 1.